The Morgan fingerprint density at radius 2 is 2.00 bits per heavy atom. The van der Waals surface area contributed by atoms with Crippen LogP contribution in [0.15, 0.2) is 53.3 Å². The number of aromatic nitrogens is 1. The summed E-state index contributed by atoms with van der Waals surface area (Å²) in [7, 11) is 0. The summed E-state index contributed by atoms with van der Waals surface area (Å²) in [6.45, 7) is 4.37. The Balaban J connectivity index is 1.45. The van der Waals surface area contributed by atoms with Crippen LogP contribution >= 0.6 is 0 Å². The number of rotatable bonds is 7. The lowest BCUT2D eigenvalue weighted by atomic mass is 9.88. The normalized spacial score (nSPS) is 18.7. The minimum absolute atomic E-state index is 0.154. The van der Waals surface area contributed by atoms with Gasteiger partial charge in [0.05, 0.1) is 12.4 Å². The maximum Gasteiger partial charge on any atom is 0.131 e. The molecule has 2 aromatic carbocycles. The van der Waals surface area contributed by atoms with Gasteiger partial charge in [0.15, 0.2) is 0 Å². The van der Waals surface area contributed by atoms with Crippen molar-refractivity contribution in [2.75, 3.05) is 32.0 Å². The minimum atomic E-state index is -0.258. The number of nitrogen functional groups attached to an aromatic ring is 1. The molecule has 1 aliphatic heterocycles. The van der Waals surface area contributed by atoms with Crippen molar-refractivity contribution >= 4 is 16.8 Å². The number of allylic oxidation sites excluding steroid dienone is 1. The molecule has 1 fully saturated rings. The molecule has 0 unspecified atom stereocenters. The third kappa shape index (κ3) is 4.73. The van der Waals surface area contributed by atoms with Crippen molar-refractivity contribution in [3.63, 3.8) is 0 Å². The number of benzene rings is 2. The number of nitrogens with two attached hydrogens (primary N) is 1. The molecule has 0 radical (unpaired) electrons. The van der Waals surface area contributed by atoms with E-state index < -0.39 is 0 Å². The van der Waals surface area contributed by atoms with Gasteiger partial charge in [-0.05, 0) is 91.1 Å². The van der Waals surface area contributed by atoms with Crippen molar-refractivity contribution in [2.45, 2.75) is 45.1 Å². The molecular formula is C28H32FN3O2. The molecule has 6 heteroatoms. The molecule has 2 heterocycles. The summed E-state index contributed by atoms with van der Waals surface area (Å²) in [6.07, 6.45) is 6.46. The number of likely N-dealkylation sites (tertiary alicyclic amines) is 1. The summed E-state index contributed by atoms with van der Waals surface area (Å²) in [5, 5.41) is 4.14. The molecule has 5 nitrogen and oxygen atoms in total. The van der Waals surface area contributed by atoms with E-state index in [-0.39, 0.29) is 12.8 Å². The number of nitrogens with zero attached hydrogens (tertiary/aromatic N) is 2. The zero-order valence-corrected chi connectivity index (χ0v) is 19.7. The van der Waals surface area contributed by atoms with Crippen LogP contribution in [0.5, 0.6) is 5.75 Å². The number of ether oxygens (including phenoxy) is 1. The number of anilines is 1. The molecular weight excluding hydrogens is 429 g/mol. The summed E-state index contributed by atoms with van der Waals surface area (Å²) in [6, 6.07) is 14.6. The molecule has 0 saturated carbocycles. The van der Waals surface area contributed by atoms with Crippen molar-refractivity contribution in [1.29, 1.82) is 0 Å². The molecule has 1 aliphatic carbocycles. The summed E-state index contributed by atoms with van der Waals surface area (Å²) < 4.78 is 24.1. The maximum absolute atomic E-state index is 12.5. The van der Waals surface area contributed by atoms with Gasteiger partial charge >= 0.3 is 0 Å². The second kappa shape index (κ2) is 10.0. The molecule has 2 N–H and O–H groups in total. The summed E-state index contributed by atoms with van der Waals surface area (Å²) >= 11 is 0. The van der Waals surface area contributed by atoms with Gasteiger partial charge in [-0.3, -0.25) is 9.29 Å². The average molecular weight is 462 g/mol. The van der Waals surface area contributed by atoms with Gasteiger partial charge in [-0.1, -0.05) is 23.4 Å². The van der Waals surface area contributed by atoms with Gasteiger partial charge in [0.1, 0.15) is 18.1 Å². The van der Waals surface area contributed by atoms with Crippen molar-refractivity contribution in [3.8, 4) is 5.75 Å². The highest BCUT2D eigenvalue weighted by atomic mass is 19.1. The zero-order valence-electron chi connectivity index (χ0n) is 19.7. The molecule has 0 bridgehead atoms. The van der Waals surface area contributed by atoms with E-state index in [9.17, 15) is 4.39 Å². The molecule has 2 aliphatic rings. The number of hydrogen-bond donors (Lipinski definition) is 1. The molecule has 1 atom stereocenters. The molecule has 34 heavy (non-hydrogen) atoms. The number of alkyl halides is 1. The van der Waals surface area contributed by atoms with Gasteiger partial charge in [-0.2, -0.15) is 0 Å². The Morgan fingerprint density at radius 3 is 2.76 bits per heavy atom. The molecule has 1 saturated heterocycles. The predicted molar refractivity (Wildman–Crippen MR) is 133 cm³/mol. The standard InChI is InChI=1S/C28H32FN3O2/c1-19-27(18-33-31-19)26-5-2-4-21-16-22(30)8-11-25(21)28(26)20-6-9-23(10-7-20)34-24-12-15-32(17-24)14-3-13-29/h6-11,16,18,24H,2-5,12-15,17,30H2,1H3/t24-/m0/s1. The highest BCUT2D eigenvalue weighted by molar-refractivity contribution is 6.00. The summed E-state index contributed by atoms with van der Waals surface area (Å²) in [5.74, 6) is 0.871. The molecule has 0 spiro atoms. The SMILES string of the molecule is Cc1nocc1C1=C(c2ccc(O[C@H]3CCN(CCCF)C3)cc2)c2ccc(N)cc2CCC1. The van der Waals surface area contributed by atoms with Gasteiger partial charge in [-0.25, -0.2) is 0 Å². The van der Waals surface area contributed by atoms with E-state index in [4.69, 9.17) is 15.0 Å². The lowest BCUT2D eigenvalue weighted by Gasteiger charge is -2.18. The number of aryl methyl sites for hydroxylation is 2. The topological polar surface area (TPSA) is 64.5 Å². The lowest BCUT2D eigenvalue weighted by Crippen LogP contribution is -2.26. The lowest BCUT2D eigenvalue weighted by molar-refractivity contribution is 0.198. The Morgan fingerprint density at radius 1 is 1.15 bits per heavy atom. The Labute approximate surface area is 200 Å². The van der Waals surface area contributed by atoms with Gasteiger partial charge in [0, 0.05) is 30.9 Å². The third-order valence-corrected chi connectivity index (χ3v) is 6.93. The van der Waals surface area contributed by atoms with E-state index in [1.54, 1.807) is 6.26 Å². The van der Waals surface area contributed by atoms with E-state index in [0.717, 1.165) is 73.6 Å². The van der Waals surface area contributed by atoms with Gasteiger partial charge in [-0.15, -0.1) is 0 Å². The quantitative estimate of drug-likeness (QED) is 0.459. The van der Waals surface area contributed by atoms with E-state index in [1.807, 2.05) is 13.0 Å². The van der Waals surface area contributed by atoms with Crippen LogP contribution in [0.1, 0.15) is 53.6 Å². The van der Waals surface area contributed by atoms with Gasteiger partial charge in [0.25, 0.3) is 0 Å². The third-order valence-electron chi connectivity index (χ3n) is 6.93. The fraction of sp³-hybridized carbons (Fsp3) is 0.393. The fourth-order valence-electron chi connectivity index (χ4n) is 5.26. The van der Waals surface area contributed by atoms with Crippen LogP contribution in [0.4, 0.5) is 10.1 Å². The van der Waals surface area contributed by atoms with Crippen LogP contribution < -0.4 is 10.5 Å². The summed E-state index contributed by atoms with van der Waals surface area (Å²) in [4.78, 5) is 2.28. The average Bonchev–Trinajstić information content (AvgIpc) is 3.42. The Kier molecular flexibility index (Phi) is 6.68. The van der Waals surface area contributed by atoms with E-state index >= 15 is 0 Å². The highest BCUT2D eigenvalue weighted by Crippen LogP contribution is 2.41. The van der Waals surface area contributed by atoms with E-state index in [2.05, 4.69) is 46.5 Å². The fourth-order valence-corrected chi connectivity index (χ4v) is 5.26. The molecule has 5 rings (SSSR count). The first-order valence-corrected chi connectivity index (χ1v) is 12.2. The first-order chi connectivity index (χ1) is 16.6. The second-order valence-corrected chi connectivity index (χ2v) is 9.33. The van der Waals surface area contributed by atoms with Gasteiger partial charge in [0.2, 0.25) is 0 Å². The first-order valence-electron chi connectivity index (χ1n) is 12.2. The van der Waals surface area contributed by atoms with Crippen LogP contribution in [0.3, 0.4) is 0 Å². The van der Waals surface area contributed by atoms with E-state index in [0.29, 0.717) is 6.42 Å². The molecule has 1 aromatic heterocycles. The largest absolute Gasteiger partial charge is 0.489 e. The van der Waals surface area contributed by atoms with Crippen LogP contribution in [-0.4, -0.2) is 42.5 Å². The van der Waals surface area contributed by atoms with Gasteiger partial charge < -0.3 is 15.0 Å². The molecule has 0 amide bonds. The van der Waals surface area contributed by atoms with Crippen LogP contribution in [-0.2, 0) is 6.42 Å². The predicted octanol–water partition coefficient (Wildman–Crippen LogP) is 5.67. The van der Waals surface area contributed by atoms with Crippen LogP contribution in [0.25, 0.3) is 11.1 Å². The first kappa shape index (κ1) is 22.7. The number of hydrogen-bond acceptors (Lipinski definition) is 5. The van der Waals surface area contributed by atoms with Crippen molar-refractivity contribution in [3.05, 3.63) is 76.7 Å². The number of fused-ring (bicyclic) bond motifs is 1. The van der Waals surface area contributed by atoms with E-state index in [1.165, 1.54) is 22.3 Å². The monoisotopic (exact) mass is 461 g/mol. The number of halogens is 1. The maximum atomic E-state index is 12.5. The Bertz CT molecular complexity index is 1170. The van der Waals surface area contributed by atoms with Crippen molar-refractivity contribution in [1.82, 2.24) is 10.1 Å². The summed E-state index contributed by atoms with van der Waals surface area (Å²) in [5.41, 5.74) is 15.0. The smallest absolute Gasteiger partial charge is 0.131 e. The van der Waals surface area contributed by atoms with Crippen molar-refractivity contribution < 1.29 is 13.7 Å². The Hall–Kier alpha value is -3.12. The van der Waals surface area contributed by atoms with Crippen LogP contribution in [0.2, 0.25) is 0 Å². The minimum Gasteiger partial charge on any atom is -0.489 e. The van der Waals surface area contributed by atoms with Crippen LogP contribution in [0, 0.1) is 6.92 Å². The zero-order chi connectivity index (χ0) is 23.5. The second-order valence-electron chi connectivity index (χ2n) is 9.33. The molecule has 3 aromatic rings. The van der Waals surface area contributed by atoms with Crippen molar-refractivity contribution in [2.24, 2.45) is 0 Å². The molecule has 178 valence electrons. The highest BCUT2D eigenvalue weighted by Gasteiger charge is 2.25.